The van der Waals surface area contributed by atoms with Crippen LogP contribution in [0.25, 0.3) is 0 Å². The maximum absolute atomic E-state index is 6.22. The van der Waals surface area contributed by atoms with E-state index in [0.717, 1.165) is 16.8 Å². The molecule has 0 fully saturated rings. The molecule has 0 saturated carbocycles. The van der Waals surface area contributed by atoms with Gasteiger partial charge in [0.05, 0.1) is 0 Å². The highest BCUT2D eigenvalue weighted by atomic mass is 15.1. The smallest absolute Gasteiger partial charge is 0.160 e. The molecule has 0 atom stereocenters. The van der Waals surface area contributed by atoms with Gasteiger partial charge in [-0.1, -0.05) is 17.7 Å². The zero-order valence-electron chi connectivity index (χ0n) is 14.0. The van der Waals surface area contributed by atoms with E-state index in [-0.39, 0.29) is 0 Å². The average Bonchev–Trinajstić information content (AvgIpc) is 2.54. The van der Waals surface area contributed by atoms with Crippen molar-refractivity contribution in [3.05, 3.63) is 59.5 Å². The van der Waals surface area contributed by atoms with Gasteiger partial charge in [0.2, 0.25) is 0 Å². The number of nitrogens with two attached hydrogens (primary N) is 1. The van der Waals surface area contributed by atoms with Gasteiger partial charge in [0, 0.05) is 11.9 Å². The summed E-state index contributed by atoms with van der Waals surface area (Å²) in [5, 5.41) is 6.40. The zero-order valence-corrected chi connectivity index (χ0v) is 14.0. The van der Waals surface area contributed by atoms with E-state index in [9.17, 15) is 0 Å². The van der Waals surface area contributed by atoms with E-state index in [1.807, 2.05) is 38.1 Å². The normalized spacial score (nSPS) is 10.5. The van der Waals surface area contributed by atoms with Gasteiger partial charge in [-0.2, -0.15) is 0 Å². The third kappa shape index (κ3) is 3.43. The maximum Gasteiger partial charge on any atom is 0.160 e. The number of aryl methyl sites for hydroxylation is 3. The Morgan fingerprint density at radius 1 is 0.833 bits per heavy atom. The first-order valence-electron chi connectivity index (χ1n) is 7.67. The topological polar surface area (TPSA) is 88.8 Å². The van der Waals surface area contributed by atoms with Gasteiger partial charge >= 0.3 is 0 Å². The van der Waals surface area contributed by atoms with Crippen LogP contribution < -0.4 is 16.4 Å². The number of nitrogens with zero attached hydrogens (tertiary/aromatic N) is 3. The fraction of sp³-hybridized carbons (Fsp3) is 0.167. The second-order valence-electron chi connectivity index (χ2n) is 5.77. The van der Waals surface area contributed by atoms with Crippen molar-refractivity contribution in [1.29, 1.82) is 0 Å². The minimum absolute atomic E-state index is 0.445. The van der Waals surface area contributed by atoms with Gasteiger partial charge in [-0.25, -0.2) is 15.0 Å². The van der Waals surface area contributed by atoms with E-state index in [1.165, 1.54) is 11.9 Å². The van der Waals surface area contributed by atoms with Crippen LogP contribution in [0.3, 0.4) is 0 Å². The molecule has 122 valence electrons. The molecule has 1 aromatic carbocycles. The predicted molar refractivity (Wildman–Crippen MR) is 97.9 cm³/mol. The summed E-state index contributed by atoms with van der Waals surface area (Å²) in [6, 6.07) is 10.0. The summed E-state index contributed by atoms with van der Waals surface area (Å²) in [5.74, 6) is 1.78. The third-order valence-electron chi connectivity index (χ3n) is 3.68. The molecule has 0 aliphatic rings. The van der Waals surface area contributed by atoms with E-state index < -0.39 is 0 Å². The Morgan fingerprint density at radius 3 is 2.25 bits per heavy atom. The van der Waals surface area contributed by atoms with Gasteiger partial charge < -0.3 is 16.4 Å². The van der Waals surface area contributed by atoms with Crippen molar-refractivity contribution in [2.75, 3.05) is 16.4 Å². The molecule has 2 heterocycles. The summed E-state index contributed by atoms with van der Waals surface area (Å²) in [6.45, 7) is 6.11. The third-order valence-corrected chi connectivity index (χ3v) is 3.68. The number of hydrogen-bond donors (Lipinski definition) is 3. The molecule has 3 rings (SSSR count). The van der Waals surface area contributed by atoms with Crippen LogP contribution >= 0.6 is 0 Å². The highest BCUT2D eigenvalue weighted by Crippen LogP contribution is 2.29. The molecule has 0 spiro atoms. The monoisotopic (exact) mass is 320 g/mol. The lowest BCUT2D eigenvalue weighted by molar-refractivity contribution is 1.16. The quantitative estimate of drug-likeness (QED) is 0.676. The van der Waals surface area contributed by atoms with Crippen LogP contribution in [0.4, 0.5) is 28.8 Å². The van der Waals surface area contributed by atoms with Gasteiger partial charge in [-0.3, -0.25) is 0 Å². The van der Waals surface area contributed by atoms with Crippen molar-refractivity contribution in [3.8, 4) is 0 Å². The number of pyridine rings is 1. The molecule has 0 radical (unpaired) electrons. The second-order valence-corrected chi connectivity index (χ2v) is 5.77. The largest absolute Gasteiger partial charge is 0.393 e. The van der Waals surface area contributed by atoms with Crippen molar-refractivity contribution < 1.29 is 0 Å². The fourth-order valence-corrected chi connectivity index (χ4v) is 2.40. The molecular weight excluding hydrogens is 300 g/mol. The molecule has 3 aromatic rings. The van der Waals surface area contributed by atoms with Gasteiger partial charge in [-0.15, -0.1) is 0 Å². The summed E-state index contributed by atoms with van der Waals surface area (Å²) in [5.41, 5.74) is 11.1. The van der Waals surface area contributed by atoms with E-state index in [1.54, 1.807) is 6.20 Å². The van der Waals surface area contributed by atoms with E-state index in [0.29, 0.717) is 23.1 Å². The number of benzene rings is 1. The Bertz CT molecular complexity index is 875. The summed E-state index contributed by atoms with van der Waals surface area (Å²) >= 11 is 0. The Hall–Kier alpha value is -3.15. The first kappa shape index (κ1) is 15.7. The van der Waals surface area contributed by atoms with Gasteiger partial charge in [0.1, 0.15) is 17.8 Å². The summed E-state index contributed by atoms with van der Waals surface area (Å²) in [6.07, 6.45) is 3.21. The average molecular weight is 320 g/mol. The minimum Gasteiger partial charge on any atom is -0.393 e. The van der Waals surface area contributed by atoms with Gasteiger partial charge in [0.25, 0.3) is 0 Å². The van der Waals surface area contributed by atoms with Crippen LogP contribution in [0.15, 0.2) is 42.9 Å². The van der Waals surface area contributed by atoms with E-state index >= 15 is 0 Å². The number of nitrogen functional groups attached to an aromatic ring is 1. The van der Waals surface area contributed by atoms with Crippen LogP contribution in [-0.4, -0.2) is 15.0 Å². The predicted octanol–water partition coefficient (Wildman–Crippen LogP) is 3.87. The van der Waals surface area contributed by atoms with E-state index in [4.69, 9.17) is 5.73 Å². The maximum atomic E-state index is 6.22. The van der Waals surface area contributed by atoms with Gasteiger partial charge in [-0.05, 0) is 50.1 Å². The standard InChI is InChI=1S/C18H20N6/c1-11-4-5-14(13(3)8-11)23-17-16(19)18(22-10-21-17)24-15-9-12(2)6-7-20-15/h4-10H,19H2,1-3H3,(H2,20,21,22,23,24). The Morgan fingerprint density at radius 2 is 1.54 bits per heavy atom. The van der Waals surface area contributed by atoms with Crippen LogP contribution in [-0.2, 0) is 0 Å². The lowest BCUT2D eigenvalue weighted by atomic mass is 10.1. The van der Waals surface area contributed by atoms with Crippen LogP contribution in [0.1, 0.15) is 16.7 Å². The highest BCUT2D eigenvalue weighted by Gasteiger charge is 2.10. The van der Waals surface area contributed by atoms with Crippen molar-refractivity contribution in [2.45, 2.75) is 20.8 Å². The summed E-state index contributed by atoms with van der Waals surface area (Å²) in [7, 11) is 0. The highest BCUT2D eigenvalue weighted by molar-refractivity contribution is 5.80. The Kier molecular flexibility index (Phi) is 4.29. The molecule has 0 unspecified atom stereocenters. The summed E-state index contributed by atoms with van der Waals surface area (Å²) < 4.78 is 0. The molecule has 2 aromatic heterocycles. The van der Waals surface area contributed by atoms with E-state index in [2.05, 4.69) is 38.6 Å². The van der Waals surface area contributed by atoms with Crippen molar-refractivity contribution in [1.82, 2.24) is 15.0 Å². The number of hydrogen-bond acceptors (Lipinski definition) is 6. The second kappa shape index (κ2) is 6.54. The van der Waals surface area contributed by atoms with Crippen molar-refractivity contribution >= 4 is 28.8 Å². The van der Waals surface area contributed by atoms with Gasteiger partial charge in [0.15, 0.2) is 11.6 Å². The molecule has 4 N–H and O–H groups in total. The first-order valence-corrected chi connectivity index (χ1v) is 7.67. The Balaban J connectivity index is 1.88. The Labute approximate surface area is 141 Å². The van der Waals surface area contributed by atoms with Crippen molar-refractivity contribution in [3.63, 3.8) is 0 Å². The number of nitrogens with one attached hydrogen (secondary N) is 2. The minimum atomic E-state index is 0.445. The lowest BCUT2D eigenvalue weighted by Crippen LogP contribution is -2.06. The lowest BCUT2D eigenvalue weighted by Gasteiger charge is -2.14. The van der Waals surface area contributed by atoms with Crippen LogP contribution in [0.2, 0.25) is 0 Å². The fourth-order valence-electron chi connectivity index (χ4n) is 2.40. The zero-order chi connectivity index (χ0) is 17.1. The molecule has 24 heavy (non-hydrogen) atoms. The van der Waals surface area contributed by atoms with Crippen LogP contribution in [0, 0.1) is 20.8 Å². The molecule has 0 aliphatic heterocycles. The molecular formula is C18H20N6. The molecule has 0 saturated heterocycles. The molecule has 0 aliphatic carbocycles. The number of rotatable bonds is 4. The molecule has 0 amide bonds. The number of aromatic nitrogens is 3. The molecule has 6 nitrogen and oxygen atoms in total. The van der Waals surface area contributed by atoms with Crippen molar-refractivity contribution in [2.24, 2.45) is 0 Å². The SMILES string of the molecule is Cc1ccnc(Nc2ncnc(Nc3ccc(C)cc3C)c2N)c1. The molecule has 6 heteroatoms. The van der Waals surface area contributed by atoms with Crippen LogP contribution in [0.5, 0.6) is 0 Å². The molecule has 0 bridgehead atoms. The number of anilines is 5. The first-order chi connectivity index (χ1) is 11.5. The summed E-state index contributed by atoms with van der Waals surface area (Å²) in [4.78, 5) is 12.7.